The number of benzene rings is 1. The van der Waals surface area contributed by atoms with E-state index >= 15 is 0 Å². The molecule has 0 saturated carbocycles. The summed E-state index contributed by atoms with van der Waals surface area (Å²) >= 11 is 0. The molecule has 0 aliphatic carbocycles. The van der Waals surface area contributed by atoms with Gasteiger partial charge in [0.1, 0.15) is 5.82 Å². The van der Waals surface area contributed by atoms with E-state index in [9.17, 15) is 9.50 Å². The van der Waals surface area contributed by atoms with Gasteiger partial charge in [0.05, 0.1) is 17.8 Å². The molecule has 0 bridgehead atoms. The third-order valence-electron chi connectivity index (χ3n) is 3.08. The molecule has 98 valence electrons. The van der Waals surface area contributed by atoms with E-state index in [0.717, 1.165) is 11.8 Å². The molecule has 0 amide bonds. The van der Waals surface area contributed by atoms with Crippen LogP contribution in [0, 0.1) is 11.2 Å². The summed E-state index contributed by atoms with van der Waals surface area (Å²) in [6.45, 7) is 6.37. The summed E-state index contributed by atoms with van der Waals surface area (Å²) in [5.74, 6) is -0.350. The Labute approximate surface area is 106 Å². The number of nitrogens with zero attached hydrogens (tertiary/aromatic N) is 1. The summed E-state index contributed by atoms with van der Waals surface area (Å²) in [4.78, 5) is 0. The Bertz CT molecular complexity index is 542. The number of H-pyrrole nitrogens is 1. The second kappa shape index (κ2) is 4.69. The Kier molecular flexibility index (Phi) is 3.39. The third-order valence-corrected chi connectivity index (χ3v) is 3.08. The summed E-state index contributed by atoms with van der Waals surface area (Å²) in [5.41, 5.74) is 1.40. The van der Waals surface area contributed by atoms with Gasteiger partial charge in [-0.15, -0.1) is 0 Å². The molecule has 1 atom stereocenters. The van der Waals surface area contributed by atoms with Crippen molar-refractivity contribution in [1.82, 2.24) is 10.2 Å². The fraction of sp³-hybridized carbons (Fsp3) is 0.500. The lowest BCUT2D eigenvalue weighted by molar-refractivity contribution is 0.148. The van der Waals surface area contributed by atoms with Crippen LogP contribution in [0.1, 0.15) is 45.3 Å². The first kappa shape index (κ1) is 13.0. The minimum atomic E-state index is -0.653. The number of aliphatic hydroxyl groups is 1. The summed E-state index contributed by atoms with van der Waals surface area (Å²) < 4.78 is 13.5. The third kappa shape index (κ3) is 2.88. The first-order valence-corrected chi connectivity index (χ1v) is 6.17. The van der Waals surface area contributed by atoms with Gasteiger partial charge in [-0.1, -0.05) is 20.8 Å². The monoisotopic (exact) mass is 250 g/mol. The van der Waals surface area contributed by atoms with Crippen LogP contribution in [-0.2, 0) is 0 Å². The number of rotatable bonds is 3. The molecule has 0 unspecified atom stereocenters. The zero-order chi connectivity index (χ0) is 13.3. The number of aliphatic hydroxyl groups excluding tert-OH is 1. The Morgan fingerprint density at radius 3 is 2.78 bits per heavy atom. The Morgan fingerprint density at radius 1 is 1.39 bits per heavy atom. The van der Waals surface area contributed by atoms with Gasteiger partial charge in [-0.25, -0.2) is 4.39 Å². The molecule has 2 rings (SSSR count). The van der Waals surface area contributed by atoms with Gasteiger partial charge in [0, 0.05) is 5.39 Å². The summed E-state index contributed by atoms with van der Waals surface area (Å²) in [5, 5.41) is 17.6. The van der Waals surface area contributed by atoms with Crippen LogP contribution in [0.25, 0.3) is 10.9 Å². The van der Waals surface area contributed by atoms with E-state index in [0.29, 0.717) is 17.5 Å². The van der Waals surface area contributed by atoms with E-state index in [4.69, 9.17) is 0 Å². The highest BCUT2D eigenvalue weighted by Crippen LogP contribution is 2.31. The minimum absolute atomic E-state index is 0.157. The zero-order valence-corrected chi connectivity index (χ0v) is 11.0. The van der Waals surface area contributed by atoms with Crippen molar-refractivity contribution in [1.29, 1.82) is 0 Å². The zero-order valence-electron chi connectivity index (χ0n) is 11.0. The Morgan fingerprint density at radius 2 is 2.11 bits per heavy atom. The summed E-state index contributed by atoms with van der Waals surface area (Å²) in [7, 11) is 0. The van der Waals surface area contributed by atoms with Gasteiger partial charge in [-0.05, 0) is 36.0 Å². The normalized spacial score (nSPS) is 14.1. The quantitative estimate of drug-likeness (QED) is 0.875. The van der Waals surface area contributed by atoms with Crippen LogP contribution < -0.4 is 0 Å². The maximum Gasteiger partial charge on any atom is 0.125 e. The highest BCUT2D eigenvalue weighted by molar-refractivity contribution is 5.82. The van der Waals surface area contributed by atoms with Crippen molar-refractivity contribution in [3.63, 3.8) is 0 Å². The van der Waals surface area contributed by atoms with Gasteiger partial charge >= 0.3 is 0 Å². The molecule has 3 nitrogen and oxygen atoms in total. The van der Waals surface area contributed by atoms with Crippen LogP contribution in [0.2, 0.25) is 0 Å². The lowest BCUT2D eigenvalue weighted by Crippen LogP contribution is -2.08. The fourth-order valence-corrected chi connectivity index (χ4v) is 2.04. The number of hydrogen-bond acceptors (Lipinski definition) is 2. The van der Waals surface area contributed by atoms with Crippen molar-refractivity contribution < 1.29 is 9.50 Å². The molecule has 2 N–H and O–H groups in total. The van der Waals surface area contributed by atoms with Crippen molar-refractivity contribution in [3.8, 4) is 0 Å². The maximum atomic E-state index is 13.5. The van der Waals surface area contributed by atoms with Gasteiger partial charge in [-0.2, -0.15) is 5.10 Å². The molecule has 4 heteroatoms. The molecular weight excluding hydrogens is 231 g/mol. The van der Waals surface area contributed by atoms with E-state index in [1.165, 1.54) is 12.1 Å². The largest absolute Gasteiger partial charge is 0.388 e. The van der Waals surface area contributed by atoms with Gasteiger partial charge in [0.2, 0.25) is 0 Å². The van der Waals surface area contributed by atoms with Gasteiger partial charge < -0.3 is 5.11 Å². The maximum absolute atomic E-state index is 13.5. The number of fused-ring (bicyclic) bond motifs is 1. The molecule has 0 fully saturated rings. The molecule has 1 aromatic carbocycles. The fourth-order valence-electron chi connectivity index (χ4n) is 2.04. The van der Waals surface area contributed by atoms with Crippen molar-refractivity contribution in [2.24, 2.45) is 5.41 Å². The second-order valence-corrected chi connectivity index (χ2v) is 5.94. The smallest absolute Gasteiger partial charge is 0.125 e. The van der Waals surface area contributed by atoms with Crippen LogP contribution in [0.3, 0.4) is 0 Å². The average Bonchev–Trinajstić information content (AvgIpc) is 2.71. The van der Waals surface area contributed by atoms with E-state index in [-0.39, 0.29) is 11.2 Å². The minimum Gasteiger partial charge on any atom is -0.388 e. The average molecular weight is 250 g/mol. The predicted molar refractivity (Wildman–Crippen MR) is 69.7 cm³/mol. The van der Waals surface area contributed by atoms with Crippen LogP contribution in [0.15, 0.2) is 18.3 Å². The van der Waals surface area contributed by atoms with E-state index in [2.05, 4.69) is 31.0 Å². The first-order valence-electron chi connectivity index (χ1n) is 6.17. The van der Waals surface area contributed by atoms with E-state index in [1.807, 2.05) is 0 Å². The highest BCUT2D eigenvalue weighted by atomic mass is 19.1. The second-order valence-electron chi connectivity index (χ2n) is 5.94. The van der Waals surface area contributed by atoms with Crippen LogP contribution in [0.5, 0.6) is 0 Å². The topological polar surface area (TPSA) is 48.9 Å². The van der Waals surface area contributed by atoms with Crippen LogP contribution in [-0.4, -0.2) is 15.3 Å². The molecule has 1 aromatic heterocycles. The van der Waals surface area contributed by atoms with Crippen molar-refractivity contribution >= 4 is 10.9 Å². The molecule has 1 heterocycles. The van der Waals surface area contributed by atoms with E-state index in [1.54, 1.807) is 6.20 Å². The standard InChI is InChI=1S/C14H19FN2O/c1-14(2,3)5-4-13(18)10-6-9(15)7-12-11(10)8-16-17-12/h6-8,13,18H,4-5H2,1-3H3,(H,16,17)/t13-/m0/s1. The van der Waals surface area contributed by atoms with Gasteiger partial charge in [-0.3, -0.25) is 5.10 Å². The molecule has 18 heavy (non-hydrogen) atoms. The van der Waals surface area contributed by atoms with Gasteiger partial charge in [0.15, 0.2) is 0 Å². The molecule has 2 aromatic rings. The van der Waals surface area contributed by atoms with E-state index < -0.39 is 6.10 Å². The first-order chi connectivity index (χ1) is 8.37. The molecule has 0 aliphatic heterocycles. The van der Waals surface area contributed by atoms with Crippen molar-refractivity contribution in [3.05, 3.63) is 29.7 Å². The van der Waals surface area contributed by atoms with Crippen LogP contribution in [0.4, 0.5) is 4.39 Å². The van der Waals surface area contributed by atoms with Crippen LogP contribution >= 0.6 is 0 Å². The number of nitrogens with one attached hydrogen (secondary N) is 1. The van der Waals surface area contributed by atoms with Crippen molar-refractivity contribution in [2.75, 3.05) is 0 Å². The highest BCUT2D eigenvalue weighted by Gasteiger charge is 2.18. The molecule has 0 saturated heterocycles. The SMILES string of the molecule is CC(C)(C)CC[C@H](O)c1cc(F)cc2[nH]ncc12. The lowest BCUT2D eigenvalue weighted by atomic mass is 9.87. The Hall–Kier alpha value is -1.42. The number of hydrogen-bond donors (Lipinski definition) is 2. The summed E-state index contributed by atoms with van der Waals surface area (Å²) in [6, 6.07) is 2.79. The summed E-state index contributed by atoms with van der Waals surface area (Å²) in [6.07, 6.45) is 2.47. The Balaban J connectivity index is 2.26. The van der Waals surface area contributed by atoms with Gasteiger partial charge in [0.25, 0.3) is 0 Å². The number of halogens is 1. The molecular formula is C14H19FN2O. The number of aromatic nitrogens is 2. The van der Waals surface area contributed by atoms with Crippen molar-refractivity contribution in [2.45, 2.75) is 39.7 Å². The number of aromatic amines is 1. The predicted octanol–water partition coefficient (Wildman–Crippen LogP) is 3.56. The molecule has 0 radical (unpaired) electrons. The molecule has 0 spiro atoms. The molecule has 0 aliphatic rings. The lowest BCUT2D eigenvalue weighted by Gasteiger charge is -2.20.